The Kier molecular flexibility index (Phi) is 5.39. The van der Waals surface area contributed by atoms with Gasteiger partial charge in [-0.2, -0.15) is 4.98 Å². The lowest BCUT2D eigenvalue weighted by molar-refractivity contribution is -0.384. The summed E-state index contributed by atoms with van der Waals surface area (Å²) in [4.78, 5) is 33.6. The van der Waals surface area contributed by atoms with Crippen LogP contribution in [0.15, 0.2) is 30.5 Å². The van der Waals surface area contributed by atoms with Gasteiger partial charge in [0.15, 0.2) is 0 Å². The summed E-state index contributed by atoms with van der Waals surface area (Å²) in [6, 6.07) is 7.61. The van der Waals surface area contributed by atoms with Gasteiger partial charge in [0.2, 0.25) is 11.8 Å². The number of likely N-dealkylation sites (tertiary alicyclic amines) is 1. The summed E-state index contributed by atoms with van der Waals surface area (Å²) in [5, 5.41) is 17.7. The highest BCUT2D eigenvalue weighted by atomic mass is 16.6. The number of anilines is 3. The highest BCUT2D eigenvalue weighted by Gasteiger charge is 2.59. The fourth-order valence-electron chi connectivity index (χ4n) is 3.98. The van der Waals surface area contributed by atoms with Crippen molar-refractivity contribution in [1.82, 2.24) is 14.9 Å². The first-order chi connectivity index (χ1) is 15.0. The molecule has 1 aromatic heterocycles. The minimum atomic E-state index is -0.526. The van der Waals surface area contributed by atoms with Crippen LogP contribution in [-0.2, 0) is 4.74 Å². The predicted molar refractivity (Wildman–Crippen MR) is 120 cm³/mol. The van der Waals surface area contributed by atoms with Gasteiger partial charge in [-0.15, -0.1) is 0 Å². The van der Waals surface area contributed by atoms with Crippen LogP contribution in [0.3, 0.4) is 0 Å². The maximum absolute atomic E-state index is 12.4. The summed E-state index contributed by atoms with van der Waals surface area (Å²) in [7, 11) is 0. The van der Waals surface area contributed by atoms with E-state index in [9.17, 15) is 14.9 Å². The molecule has 32 heavy (non-hydrogen) atoms. The third kappa shape index (κ3) is 4.74. The van der Waals surface area contributed by atoms with Gasteiger partial charge in [0.05, 0.1) is 4.92 Å². The van der Waals surface area contributed by atoms with Crippen molar-refractivity contribution in [2.24, 2.45) is 5.41 Å². The average molecular weight is 441 g/mol. The van der Waals surface area contributed by atoms with E-state index in [1.165, 1.54) is 6.20 Å². The third-order valence-corrected chi connectivity index (χ3v) is 5.81. The van der Waals surface area contributed by atoms with Crippen LogP contribution < -0.4 is 10.6 Å². The maximum atomic E-state index is 12.4. The average Bonchev–Trinajstić information content (AvgIpc) is 3.16. The van der Waals surface area contributed by atoms with E-state index < -0.39 is 10.5 Å². The number of aromatic nitrogens is 2. The van der Waals surface area contributed by atoms with Crippen LogP contribution in [0, 0.1) is 22.5 Å². The number of rotatable bonds is 5. The molecule has 0 bridgehead atoms. The molecular formula is C22H28N6O4. The standard InChI is InChI=1S/C22H28N6O4/c1-14-5-7-15(8-6-14)24-18-16(28(30)31)12-23-19(26-18)25-17-11-22(17)9-10-27(13-22)20(29)32-21(2,3)4/h5-8,12,17H,9-11,13H2,1-4H3,(H2,23,24,25,26)/t17-,22-/m1/s1. The number of nitro groups is 1. The fraction of sp³-hybridized carbons (Fsp3) is 0.500. The number of ether oxygens (including phenoxy) is 1. The molecule has 10 heteroatoms. The smallest absolute Gasteiger partial charge is 0.410 e. The van der Waals surface area contributed by atoms with Crippen LogP contribution in [0.25, 0.3) is 0 Å². The molecule has 1 aliphatic carbocycles. The molecule has 1 saturated carbocycles. The van der Waals surface area contributed by atoms with Crippen molar-refractivity contribution in [3.8, 4) is 0 Å². The van der Waals surface area contributed by atoms with E-state index in [1.54, 1.807) is 4.90 Å². The number of carbonyl (C=O) groups is 1. The summed E-state index contributed by atoms with van der Waals surface area (Å²) < 4.78 is 5.48. The number of benzene rings is 1. The molecular weight excluding hydrogens is 412 g/mol. The number of nitrogens with one attached hydrogen (secondary N) is 2. The van der Waals surface area contributed by atoms with Crippen molar-refractivity contribution >= 4 is 29.2 Å². The van der Waals surface area contributed by atoms with Gasteiger partial charge in [-0.3, -0.25) is 10.1 Å². The van der Waals surface area contributed by atoms with Crippen LogP contribution in [0.4, 0.5) is 27.9 Å². The molecule has 0 radical (unpaired) electrons. The lowest BCUT2D eigenvalue weighted by Crippen LogP contribution is -2.35. The van der Waals surface area contributed by atoms with Crippen molar-refractivity contribution < 1.29 is 14.5 Å². The summed E-state index contributed by atoms with van der Waals surface area (Å²) in [5.74, 6) is 0.454. The molecule has 2 aromatic rings. The van der Waals surface area contributed by atoms with E-state index in [4.69, 9.17) is 4.74 Å². The Balaban J connectivity index is 1.44. The van der Waals surface area contributed by atoms with E-state index in [1.807, 2.05) is 52.0 Å². The second-order valence-corrected chi connectivity index (χ2v) is 9.59. The molecule has 0 unspecified atom stereocenters. The van der Waals surface area contributed by atoms with Crippen molar-refractivity contribution in [3.63, 3.8) is 0 Å². The van der Waals surface area contributed by atoms with Crippen LogP contribution in [0.5, 0.6) is 0 Å². The van der Waals surface area contributed by atoms with E-state index in [2.05, 4.69) is 20.6 Å². The lowest BCUT2D eigenvalue weighted by Gasteiger charge is -2.24. The summed E-state index contributed by atoms with van der Waals surface area (Å²) in [6.07, 6.45) is 2.66. The zero-order valence-corrected chi connectivity index (χ0v) is 18.7. The number of amides is 1. The summed E-state index contributed by atoms with van der Waals surface area (Å²) in [5.41, 5.74) is 1.04. The number of nitrogens with zero attached hydrogens (tertiary/aromatic N) is 4. The van der Waals surface area contributed by atoms with Crippen molar-refractivity contribution in [3.05, 3.63) is 46.1 Å². The molecule has 10 nitrogen and oxygen atoms in total. The van der Waals surface area contributed by atoms with E-state index in [0.717, 1.165) is 18.4 Å². The molecule has 1 aliphatic heterocycles. The van der Waals surface area contributed by atoms with Gasteiger partial charge in [-0.05, 0) is 52.7 Å². The zero-order valence-electron chi connectivity index (χ0n) is 18.7. The van der Waals surface area contributed by atoms with E-state index >= 15 is 0 Å². The van der Waals surface area contributed by atoms with Gasteiger partial charge in [-0.1, -0.05) is 17.7 Å². The van der Waals surface area contributed by atoms with Crippen LogP contribution in [0.2, 0.25) is 0 Å². The number of hydrogen-bond acceptors (Lipinski definition) is 8. The maximum Gasteiger partial charge on any atom is 0.410 e. The largest absolute Gasteiger partial charge is 0.444 e. The monoisotopic (exact) mass is 440 g/mol. The molecule has 1 saturated heterocycles. The first-order valence-corrected chi connectivity index (χ1v) is 10.6. The van der Waals surface area contributed by atoms with Gasteiger partial charge in [0.1, 0.15) is 11.8 Å². The second-order valence-electron chi connectivity index (χ2n) is 9.59. The fourth-order valence-corrected chi connectivity index (χ4v) is 3.98. The van der Waals surface area contributed by atoms with Crippen molar-refractivity contribution in [2.45, 2.75) is 52.2 Å². The van der Waals surface area contributed by atoms with Crippen LogP contribution >= 0.6 is 0 Å². The normalized spacial score (nSPS) is 22.0. The second kappa shape index (κ2) is 7.92. The molecule has 2 fully saturated rings. The Hall–Kier alpha value is -3.43. The minimum absolute atomic E-state index is 0.0351. The quantitative estimate of drug-likeness (QED) is 0.523. The number of hydrogen-bond donors (Lipinski definition) is 2. The molecule has 2 N–H and O–H groups in total. The molecule has 1 aromatic carbocycles. The first kappa shape index (κ1) is 21.8. The third-order valence-electron chi connectivity index (χ3n) is 5.81. The molecule has 4 rings (SSSR count). The SMILES string of the molecule is Cc1ccc(Nc2nc(N[C@@H]3C[C@@]34CCN(C(=O)OC(C)(C)C)C4)ncc2[N+](=O)[O-])cc1. The number of carbonyl (C=O) groups excluding carboxylic acids is 1. The van der Waals surface area contributed by atoms with Crippen molar-refractivity contribution in [1.29, 1.82) is 0 Å². The van der Waals surface area contributed by atoms with Crippen molar-refractivity contribution in [2.75, 3.05) is 23.7 Å². The number of aryl methyl sites for hydroxylation is 1. The molecule has 2 atom stereocenters. The Labute approximate surface area is 186 Å². The summed E-state index contributed by atoms with van der Waals surface area (Å²) >= 11 is 0. The van der Waals surface area contributed by atoms with Gasteiger partial charge in [0.25, 0.3) is 0 Å². The molecule has 1 spiro atoms. The van der Waals surface area contributed by atoms with E-state index in [0.29, 0.717) is 24.7 Å². The molecule has 2 aliphatic rings. The predicted octanol–water partition coefficient (Wildman–Crippen LogP) is 4.25. The topological polar surface area (TPSA) is 123 Å². The molecule has 1 amide bonds. The minimum Gasteiger partial charge on any atom is -0.444 e. The lowest BCUT2D eigenvalue weighted by atomic mass is 10.1. The molecule has 2 heterocycles. The van der Waals surface area contributed by atoms with Crippen LogP contribution in [0.1, 0.15) is 39.2 Å². The highest BCUT2D eigenvalue weighted by Crippen LogP contribution is 2.54. The Bertz CT molecular complexity index is 1040. The highest BCUT2D eigenvalue weighted by molar-refractivity contribution is 5.69. The first-order valence-electron chi connectivity index (χ1n) is 10.6. The van der Waals surface area contributed by atoms with Gasteiger partial charge in [0, 0.05) is 30.2 Å². The Morgan fingerprint density at radius 1 is 1.31 bits per heavy atom. The Morgan fingerprint density at radius 2 is 2.03 bits per heavy atom. The molecule has 170 valence electrons. The van der Waals surface area contributed by atoms with Gasteiger partial charge in [-0.25, -0.2) is 9.78 Å². The van der Waals surface area contributed by atoms with Crippen LogP contribution in [-0.4, -0.2) is 50.6 Å². The van der Waals surface area contributed by atoms with E-state index in [-0.39, 0.29) is 29.1 Å². The van der Waals surface area contributed by atoms with Gasteiger partial charge < -0.3 is 20.3 Å². The van der Waals surface area contributed by atoms with Gasteiger partial charge >= 0.3 is 11.8 Å². The zero-order chi connectivity index (χ0) is 23.1. The summed E-state index contributed by atoms with van der Waals surface area (Å²) in [6.45, 7) is 8.79. The Morgan fingerprint density at radius 3 is 2.69 bits per heavy atom.